The minimum atomic E-state index is -0.187. The van der Waals surface area contributed by atoms with Crippen LogP contribution in [0.5, 0.6) is 23.0 Å². The highest BCUT2D eigenvalue weighted by molar-refractivity contribution is 5.42. The lowest BCUT2D eigenvalue weighted by atomic mass is 9.98. The van der Waals surface area contributed by atoms with Crippen molar-refractivity contribution < 1.29 is 19.3 Å². The average molecular weight is 330 g/mol. The van der Waals surface area contributed by atoms with Crippen molar-refractivity contribution in [3.63, 3.8) is 0 Å². The summed E-state index contributed by atoms with van der Waals surface area (Å²) in [5.41, 5.74) is 7.12. The van der Waals surface area contributed by atoms with Crippen LogP contribution < -0.4 is 25.1 Å². The van der Waals surface area contributed by atoms with Gasteiger partial charge in [-0.15, -0.1) is 0 Å². The highest BCUT2D eigenvalue weighted by Gasteiger charge is 2.37. The Morgan fingerprint density at radius 3 is 2.12 bits per heavy atom. The Morgan fingerprint density at radius 2 is 1.50 bits per heavy atom. The Kier molecular flexibility index (Phi) is 4.78. The van der Waals surface area contributed by atoms with Crippen LogP contribution in [0.15, 0.2) is 42.5 Å². The van der Waals surface area contributed by atoms with Crippen molar-refractivity contribution in [2.45, 2.75) is 25.1 Å². The smallest absolute Gasteiger partial charge is 0.136 e. The van der Waals surface area contributed by atoms with Gasteiger partial charge in [0.1, 0.15) is 29.1 Å². The van der Waals surface area contributed by atoms with E-state index in [1.54, 1.807) is 20.3 Å². The van der Waals surface area contributed by atoms with Gasteiger partial charge in [0.05, 0.1) is 26.3 Å². The van der Waals surface area contributed by atoms with Gasteiger partial charge in [-0.05, 0) is 43.3 Å². The van der Waals surface area contributed by atoms with E-state index in [9.17, 15) is 5.11 Å². The minimum absolute atomic E-state index is 0.0682. The molecule has 1 heterocycles. The van der Waals surface area contributed by atoms with Crippen molar-refractivity contribution in [3.05, 3.63) is 48.0 Å². The van der Waals surface area contributed by atoms with Crippen LogP contribution in [0.2, 0.25) is 0 Å². The molecular weight excluding hydrogens is 308 g/mol. The van der Waals surface area contributed by atoms with Crippen LogP contribution in [0.4, 0.5) is 0 Å². The van der Waals surface area contributed by atoms with E-state index in [0.29, 0.717) is 5.75 Å². The van der Waals surface area contributed by atoms with E-state index in [0.717, 1.165) is 17.1 Å². The summed E-state index contributed by atoms with van der Waals surface area (Å²) in [6.07, 6.45) is -0.183. The van der Waals surface area contributed by atoms with Gasteiger partial charge in [0.25, 0.3) is 0 Å². The van der Waals surface area contributed by atoms with E-state index in [1.165, 1.54) is 0 Å². The molecule has 1 aliphatic rings. The number of phenolic OH excluding ortho intramolecular Hbond substituents is 1. The molecule has 2 aromatic carbocycles. The number of hydrogen-bond acceptors (Lipinski definition) is 6. The van der Waals surface area contributed by atoms with Gasteiger partial charge in [-0.1, -0.05) is 0 Å². The van der Waals surface area contributed by atoms with Gasteiger partial charge in [-0.2, -0.15) is 0 Å². The Hall–Kier alpha value is -2.44. The van der Waals surface area contributed by atoms with E-state index in [-0.39, 0.29) is 23.9 Å². The molecule has 3 unspecified atom stereocenters. The first kappa shape index (κ1) is 16.4. The second-order valence-corrected chi connectivity index (χ2v) is 5.74. The normalized spacial score (nSPS) is 23.0. The zero-order valence-corrected chi connectivity index (χ0v) is 13.9. The van der Waals surface area contributed by atoms with Crippen molar-refractivity contribution >= 4 is 0 Å². The largest absolute Gasteiger partial charge is 0.507 e. The van der Waals surface area contributed by atoms with E-state index in [1.807, 2.05) is 43.3 Å². The maximum atomic E-state index is 10.3. The number of rotatable bonds is 5. The Bertz CT molecular complexity index is 690. The fourth-order valence-electron chi connectivity index (χ4n) is 2.82. The molecule has 6 heteroatoms. The van der Waals surface area contributed by atoms with Gasteiger partial charge in [0, 0.05) is 11.6 Å². The highest BCUT2D eigenvalue weighted by Crippen LogP contribution is 2.34. The third-order valence-corrected chi connectivity index (χ3v) is 4.19. The molecule has 3 rings (SSSR count). The van der Waals surface area contributed by atoms with Crippen LogP contribution in [-0.4, -0.2) is 31.5 Å². The second-order valence-electron chi connectivity index (χ2n) is 5.74. The number of benzene rings is 2. The molecule has 1 aliphatic heterocycles. The quantitative estimate of drug-likeness (QED) is 0.782. The fraction of sp³-hybridized carbons (Fsp3) is 0.333. The summed E-state index contributed by atoms with van der Waals surface area (Å²) in [4.78, 5) is 0. The number of ether oxygens (including phenoxy) is 3. The zero-order chi connectivity index (χ0) is 17.1. The van der Waals surface area contributed by atoms with Crippen molar-refractivity contribution in [2.75, 3.05) is 14.2 Å². The van der Waals surface area contributed by atoms with Gasteiger partial charge in [-0.25, -0.2) is 5.43 Å². The number of methoxy groups -OCH3 is 2. The fourth-order valence-corrected chi connectivity index (χ4v) is 2.82. The Morgan fingerprint density at radius 1 is 0.875 bits per heavy atom. The Labute approximate surface area is 141 Å². The molecule has 6 nitrogen and oxygen atoms in total. The minimum Gasteiger partial charge on any atom is -0.507 e. The van der Waals surface area contributed by atoms with Crippen LogP contribution in [0.3, 0.4) is 0 Å². The molecule has 0 amide bonds. The molecule has 0 spiro atoms. The van der Waals surface area contributed by atoms with Crippen molar-refractivity contribution in [3.8, 4) is 23.0 Å². The summed E-state index contributed by atoms with van der Waals surface area (Å²) in [5, 5.41) is 10.3. The molecule has 0 aliphatic carbocycles. The first-order valence-electron chi connectivity index (χ1n) is 7.81. The van der Waals surface area contributed by atoms with Gasteiger partial charge in [-0.3, -0.25) is 5.43 Å². The van der Waals surface area contributed by atoms with Gasteiger partial charge >= 0.3 is 0 Å². The molecule has 2 aromatic rings. The summed E-state index contributed by atoms with van der Waals surface area (Å²) >= 11 is 0. The number of aromatic hydroxyl groups is 1. The molecular formula is C18H22N2O4. The molecule has 0 aromatic heterocycles. The molecule has 0 saturated carbocycles. The Balaban J connectivity index is 1.82. The maximum absolute atomic E-state index is 10.3. The summed E-state index contributed by atoms with van der Waals surface area (Å²) in [6.45, 7) is 2.03. The predicted octanol–water partition coefficient (Wildman–Crippen LogP) is 2.39. The van der Waals surface area contributed by atoms with Crippen LogP contribution in [0.1, 0.15) is 18.5 Å². The zero-order valence-electron chi connectivity index (χ0n) is 13.9. The lowest BCUT2D eigenvalue weighted by Crippen LogP contribution is -2.33. The molecule has 3 atom stereocenters. The molecule has 0 radical (unpaired) electrons. The van der Waals surface area contributed by atoms with Gasteiger partial charge in [0.2, 0.25) is 0 Å². The van der Waals surface area contributed by atoms with Crippen LogP contribution in [0, 0.1) is 0 Å². The second kappa shape index (κ2) is 6.98. The average Bonchev–Trinajstić information content (AvgIpc) is 2.96. The molecule has 1 fully saturated rings. The van der Waals surface area contributed by atoms with Crippen molar-refractivity contribution in [2.24, 2.45) is 0 Å². The van der Waals surface area contributed by atoms with E-state index in [2.05, 4.69) is 10.9 Å². The third-order valence-electron chi connectivity index (χ3n) is 4.19. The summed E-state index contributed by atoms with van der Waals surface area (Å²) < 4.78 is 16.4. The highest BCUT2D eigenvalue weighted by atomic mass is 16.5. The van der Waals surface area contributed by atoms with Crippen molar-refractivity contribution in [1.82, 2.24) is 10.9 Å². The third kappa shape index (κ3) is 3.25. The SMILES string of the molecule is COc1ccc(OC2C(C)NNC2c2ccc(OC)cc2O)cc1. The first-order valence-corrected chi connectivity index (χ1v) is 7.81. The van der Waals surface area contributed by atoms with E-state index < -0.39 is 0 Å². The number of phenols is 1. The number of hydrazine groups is 1. The van der Waals surface area contributed by atoms with Gasteiger partial charge in [0.15, 0.2) is 0 Å². The molecule has 0 bridgehead atoms. The first-order chi connectivity index (χ1) is 11.6. The number of hydrogen-bond donors (Lipinski definition) is 3. The van der Waals surface area contributed by atoms with Crippen molar-refractivity contribution in [1.29, 1.82) is 0 Å². The summed E-state index contributed by atoms with van der Waals surface area (Å²) in [6, 6.07) is 12.6. The summed E-state index contributed by atoms with van der Waals surface area (Å²) in [7, 11) is 3.20. The standard InChI is InChI=1S/C18H22N2O4/c1-11-18(24-13-6-4-12(22-2)5-7-13)17(20-19-11)15-9-8-14(23-3)10-16(15)21/h4-11,17-21H,1-3H3. The predicted molar refractivity (Wildman–Crippen MR) is 90.5 cm³/mol. The maximum Gasteiger partial charge on any atom is 0.136 e. The topological polar surface area (TPSA) is 72.0 Å². The van der Waals surface area contributed by atoms with Crippen LogP contribution in [0.25, 0.3) is 0 Å². The molecule has 128 valence electrons. The van der Waals surface area contributed by atoms with Crippen LogP contribution >= 0.6 is 0 Å². The van der Waals surface area contributed by atoms with E-state index >= 15 is 0 Å². The van der Waals surface area contributed by atoms with E-state index in [4.69, 9.17) is 14.2 Å². The monoisotopic (exact) mass is 330 g/mol. The molecule has 3 N–H and O–H groups in total. The lowest BCUT2D eigenvalue weighted by Gasteiger charge is -2.23. The summed E-state index contributed by atoms with van der Waals surface area (Å²) in [5.74, 6) is 2.31. The molecule has 24 heavy (non-hydrogen) atoms. The van der Waals surface area contributed by atoms with Crippen LogP contribution in [-0.2, 0) is 0 Å². The number of nitrogens with one attached hydrogen (secondary N) is 2. The van der Waals surface area contributed by atoms with Gasteiger partial charge < -0.3 is 19.3 Å². The molecule has 1 saturated heterocycles. The lowest BCUT2D eigenvalue weighted by molar-refractivity contribution is 0.170.